The van der Waals surface area contributed by atoms with E-state index in [9.17, 15) is 0 Å². The molecular weight excluding hydrogens is 297 g/mol. The largest absolute Gasteiger partial charge is 0.454 e. The van der Waals surface area contributed by atoms with Crippen molar-refractivity contribution in [2.45, 2.75) is 13.5 Å². The van der Waals surface area contributed by atoms with E-state index < -0.39 is 0 Å². The maximum absolute atomic E-state index is 6.16. The number of rotatable bonds is 3. The number of benzene rings is 2. The Kier molecular flexibility index (Phi) is 3.64. The van der Waals surface area contributed by atoms with Crippen molar-refractivity contribution in [3.8, 4) is 11.5 Å². The van der Waals surface area contributed by atoms with Crippen LogP contribution in [0.4, 0.5) is 5.69 Å². The molecule has 20 heavy (non-hydrogen) atoms. The van der Waals surface area contributed by atoms with Crippen LogP contribution in [0.1, 0.15) is 11.1 Å². The third kappa shape index (κ3) is 2.65. The molecule has 0 atom stereocenters. The van der Waals surface area contributed by atoms with Crippen molar-refractivity contribution in [3.05, 3.63) is 51.5 Å². The van der Waals surface area contributed by atoms with Crippen molar-refractivity contribution in [1.29, 1.82) is 0 Å². The summed E-state index contributed by atoms with van der Waals surface area (Å²) in [6.07, 6.45) is 0. The highest BCUT2D eigenvalue weighted by Gasteiger charge is 2.18. The van der Waals surface area contributed by atoms with Crippen LogP contribution in [0.2, 0.25) is 10.0 Å². The molecule has 0 radical (unpaired) electrons. The normalized spacial score (nSPS) is 12.6. The van der Waals surface area contributed by atoms with Crippen LogP contribution in [0.5, 0.6) is 11.5 Å². The molecule has 2 aromatic rings. The van der Waals surface area contributed by atoms with Gasteiger partial charge in [-0.05, 0) is 42.3 Å². The minimum atomic E-state index is 0.222. The van der Waals surface area contributed by atoms with Crippen molar-refractivity contribution in [3.63, 3.8) is 0 Å². The Hall–Kier alpha value is -1.58. The van der Waals surface area contributed by atoms with Gasteiger partial charge in [-0.2, -0.15) is 0 Å². The molecule has 3 rings (SSSR count). The zero-order valence-electron chi connectivity index (χ0n) is 10.9. The van der Waals surface area contributed by atoms with E-state index in [0.29, 0.717) is 28.1 Å². The fourth-order valence-corrected chi connectivity index (χ4v) is 2.56. The maximum Gasteiger partial charge on any atom is 0.231 e. The molecule has 0 bridgehead atoms. The predicted octanol–water partition coefficient (Wildman–Crippen LogP) is 4.64. The van der Waals surface area contributed by atoms with E-state index >= 15 is 0 Å². The zero-order chi connectivity index (χ0) is 14.1. The highest BCUT2D eigenvalue weighted by Crippen LogP contribution is 2.39. The van der Waals surface area contributed by atoms with Crippen molar-refractivity contribution < 1.29 is 9.47 Å². The Balaban J connectivity index is 1.79. The second kappa shape index (κ2) is 5.43. The molecular formula is C15H13Cl2NO2. The van der Waals surface area contributed by atoms with Crippen LogP contribution in [0.25, 0.3) is 0 Å². The average molecular weight is 310 g/mol. The lowest BCUT2D eigenvalue weighted by Crippen LogP contribution is -2.01. The standard InChI is InChI=1S/C15H13Cl2NO2/c1-9-2-3-11(16)6-13(9)18-7-10-4-12(17)15-14(5-10)19-8-20-15/h2-6,18H,7-8H2,1H3. The smallest absolute Gasteiger partial charge is 0.231 e. The van der Waals surface area contributed by atoms with Crippen LogP contribution in [-0.4, -0.2) is 6.79 Å². The number of anilines is 1. The lowest BCUT2D eigenvalue weighted by molar-refractivity contribution is 0.174. The Morgan fingerprint density at radius 2 is 2.00 bits per heavy atom. The summed E-state index contributed by atoms with van der Waals surface area (Å²) in [5.74, 6) is 1.31. The van der Waals surface area contributed by atoms with Crippen LogP contribution in [-0.2, 0) is 6.54 Å². The summed E-state index contributed by atoms with van der Waals surface area (Å²) >= 11 is 12.2. The van der Waals surface area contributed by atoms with Crippen LogP contribution >= 0.6 is 23.2 Å². The molecule has 0 saturated carbocycles. The maximum atomic E-state index is 6.16. The molecule has 0 aromatic heterocycles. The van der Waals surface area contributed by atoms with Gasteiger partial charge in [0.1, 0.15) is 0 Å². The van der Waals surface area contributed by atoms with Crippen molar-refractivity contribution in [1.82, 2.24) is 0 Å². The number of hydrogen-bond donors (Lipinski definition) is 1. The first kappa shape index (κ1) is 13.4. The molecule has 0 aliphatic carbocycles. The lowest BCUT2D eigenvalue weighted by atomic mass is 10.1. The highest BCUT2D eigenvalue weighted by atomic mass is 35.5. The number of aryl methyl sites for hydroxylation is 1. The van der Waals surface area contributed by atoms with Gasteiger partial charge in [-0.15, -0.1) is 0 Å². The van der Waals surface area contributed by atoms with Crippen LogP contribution in [0.3, 0.4) is 0 Å². The Labute approximate surface area is 127 Å². The minimum Gasteiger partial charge on any atom is -0.454 e. The molecule has 1 aliphatic rings. The van der Waals surface area contributed by atoms with E-state index in [1.807, 2.05) is 37.3 Å². The van der Waals surface area contributed by atoms with Crippen LogP contribution in [0.15, 0.2) is 30.3 Å². The van der Waals surface area contributed by atoms with E-state index in [1.165, 1.54) is 0 Å². The van der Waals surface area contributed by atoms with Gasteiger partial charge in [0.25, 0.3) is 0 Å². The van der Waals surface area contributed by atoms with Gasteiger partial charge >= 0.3 is 0 Å². The molecule has 5 heteroatoms. The summed E-state index contributed by atoms with van der Waals surface area (Å²) in [5, 5.41) is 4.63. The fourth-order valence-electron chi connectivity index (χ4n) is 2.10. The summed E-state index contributed by atoms with van der Waals surface area (Å²) < 4.78 is 10.6. The van der Waals surface area contributed by atoms with E-state index in [-0.39, 0.29) is 6.79 Å². The van der Waals surface area contributed by atoms with E-state index in [2.05, 4.69) is 5.32 Å². The molecule has 3 nitrogen and oxygen atoms in total. The Morgan fingerprint density at radius 3 is 2.85 bits per heavy atom. The van der Waals surface area contributed by atoms with Gasteiger partial charge in [0.05, 0.1) is 5.02 Å². The topological polar surface area (TPSA) is 30.5 Å². The third-order valence-electron chi connectivity index (χ3n) is 3.17. The first-order valence-electron chi connectivity index (χ1n) is 6.21. The molecule has 1 aliphatic heterocycles. The number of ether oxygens (including phenoxy) is 2. The zero-order valence-corrected chi connectivity index (χ0v) is 12.4. The minimum absolute atomic E-state index is 0.222. The molecule has 0 amide bonds. The number of hydrogen-bond acceptors (Lipinski definition) is 3. The first-order chi connectivity index (χ1) is 9.63. The molecule has 0 spiro atoms. The monoisotopic (exact) mass is 309 g/mol. The van der Waals surface area contributed by atoms with E-state index in [1.54, 1.807) is 0 Å². The number of halogens is 2. The molecule has 0 saturated heterocycles. The van der Waals surface area contributed by atoms with E-state index in [0.717, 1.165) is 16.8 Å². The van der Waals surface area contributed by atoms with Gasteiger partial charge in [0.2, 0.25) is 6.79 Å². The van der Waals surface area contributed by atoms with Gasteiger partial charge in [-0.3, -0.25) is 0 Å². The molecule has 1 heterocycles. The summed E-state index contributed by atoms with van der Waals surface area (Å²) in [7, 11) is 0. The van der Waals surface area contributed by atoms with Crippen molar-refractivity contribution >= 4 is 28.9 Å². The Bertz CT molecular complexity index is 659. The van der Waals surface area contributed by atoms with Gasteiger partial charge in [-0.25, -0.2) is 0 Å². The highest BCUT2D eigenvalue weighted by molar-refractivity contribution is 6.32. The summed E-state index contributed by atoms with van der Waals surface area (Å²) in [6.45, 7) is 2.89. The second-order valence-corrected chi connectivity index (χ2v) is 5.47. The fraction of sp³-hybridized carbons (Fsp3) is 0.200. The molecule has 104 valence electrons. The molecule has 2 aromatic carbocycles. The van der Waals surface area contributed by atoms with Gasteiger partial charge in [0.15, 0.2) is 11.5 Å². The summed E-state index contributed by atoms with van der Waals surface area (Å²) in [4.78, 5) is 0. The molecule has 1 N–H and O–H groups in total. The van der Waals surface area contributed by atoms with Crippen LogP contribution in [0, 0.1) is 6.92 Å². The predicted molar refractivity (Wildman–Crippen MR) is 81.1 cm³/mol. The van der Waals surface area contributed by atoms with Crippen molar-refractivity contribution in [2.75, 3.05) is 12.1 Å². The van der Waals surface area contributed by atoms with E-state index in [4.69, 9.17) is 32.7 Å². The average Bonchev–Trinajstić information content (AvgIpc) is 2.89. The third-order valence-corrected chi connectivity index (χ3v) is 3.69. The lowest BCUT2D eigenvalue weighted by Gasteiger charge is -2.11. The summed E-state index contributed by atoms with van der Waals surface area (Å²) in [5.41, 5.74) is 3.17. The summed E-state index contributed by atoms with van der Waals surface area (Å²) in [6, 6.07) is 9.57. The number of fused-ring (bicyclic) bond motifs is 1. The van der Waals surface area contributed by atoms with Gasteiger partial charge in [-0.1, -0.05) is 29.3 Å². The first-order valence-corrected chi connectivity index (χ1v) is 6.97. The van der Waals surface area contributed by atoms with Gasteiger partial charge in [0, 0.05) is 17.3 Å². The molecule has 0 unspecified atom stereocenters. The SMILES string of the molecule is Cc1ccc(Cl)cc1NCc1cc(Cl)c2c(c1)OCO2. The second-order valence-electron chi connectivity index (χ2n) is 4.62. The molecule has 0 fully saturated rings. The quantitative estimate of drug-likeness (QED) is 0.895. The van der Waals surface area contributed by atoms with Crippen LogP contribution < -0.4 is 14.8 Å². The Morgan fingerprint density at radius 1 is 1.15 bits per heavy atom. The van der Waals surface area contributed by atoms with Crippen molar-refractivity contribution in [2.24, 2.45) is 0 Å². The number of nitrogens with one attached hydrogen (secondary N) is 1. The van der Waals surface area contributed by atoms with Gasteiger partial charge < -0.3 is 14.8 Å².